The Kier molecular flexibility index (Phi) is 8.01. The number of piperazine rings is 1. The van der Waals surface area contributed by atoms with Crippen molar-refractivity contribution in [1.29, 1.82) is 0 Å². The quantitative estimate of drug-likeness (QED) is 0.679. The van der Waals surface area contributed by atoms with Crippen molar-refractivity contribution < 1.29 is 9.59 Å². The molecule has 0 bridgehead atoms. The number of hydrogen-bond donors (Lipinski definition) is 2. The van der Waals surface area contributed by atoms with Crippen molar-refractivity contribution in [2.45, 2.75) is 33.2 Å². The van der Waals surface area contributed by atoms with Gasteiger partial charge in [0.15, 0.2) is 0 Å². The summed E-state index contributed by atoms with van der Waals surface area (Å²) >= 11 is 1.72. The van der Waals surface area contributed by atoms with Gasteiger partial charge >= 0.3 is 0 Å². The lowest BCUT2D eigenvalue weighted by Gasteiger charge is -2.37. The molecule has 1 unspecified atom stereocenters. The predicted molar refractivity (Wildman–Crippen MR) is 123 cm³/mol. The summed E-state index contributed by atoms with van der Waals surface area (Å²) in [4.78, 5) is 30.6. The van der Waals surface area contributed by atoms with E-state index in [2.05, 4.69) is 31.9 Å². The minimum absolute atomic E-state index is 0.0107. The van der Waals surface area contributed by atoms with Gasteiger partial charge in [0, 0.05) is 43.3 Å². The normalized spacial score (nSPS) is 16.2. The van der Waals surface area contributed by atoms with Gasteiger partial charge in [0.05, 0.1) is 12.6 Å². The van der Waals surface area contributed by atoms with Gasteiger partial charge in [-0.3, -0.25) is 19.4 Å². The van der Waals surface area contributed by atoms with E-state index in [1.54, 1.807) is 11.3 Å². The highest BCUT2D eigenvalue weighted by Gasteiger charge is 2.26. The van der Waals surface area contributed by atoms with Gasteiger partial charge in [-0.1, -0.05) is 18.2 Å². The van der Waals surface area contributed by atoms with E-state index in [0.29, 0.717) is 13.1 Å². The molecule has 0 radical (unpaired) electrons. The monoisotopic (exact) mass is 428 g/mol. The van der Waals surface area contributed by atoms with Crippen LogP contribution in [-0.2, 0) is 16.0 Å². The first-order chi connectivity index (χ1) is 14.4. The highest BCUT2D eigenvalue weighted by molar-refractivity contribution is 7.09. The summed E-state index contributed by atoms with van der Waals surface area (Å²) in [6.45, 7) is 10.2. The Labute approximate surface area is 183 Å². The van der Waals surface area contributed by atoms with Gasteiger partial charge in [0.2, 0.25) is 11.8 Å². The Balaban J connectivity index is 1.38. The molecule has 1 aliphatic heterocycles. The van der Waals surface area contributed by atoms with Crippen molar-refractivity contribution in [2.24, 2.45) is 0 Å². The molecule has 3 rings (SSSR count). The average Bonchev–Trinajstić information content (AvgIpc) is 3.25. The smallest absolute Gasteiger partial charge is 0.238 e. The molecular formula is C23H32N4O2S. The summed E-state index contributed by atoms with van der Waals surface area (Å²) in [5.41, 5.74) is 3.16. The van der Waals surface area contributed by atoms with E-state index in [-0.39, 0.29) is 17.9 Å². The largest absolute Gasteiger partial charge is 0.354 e. The van der Waals surface area contributed by atoms with Crippen LogP contribution in [0.2, 0.25) is 0 Å². The van der Waals surface area contributed by atoms with Gasteiger partial charge in [-0.2, -0.15) is 0 Å². The molecular weight excluding hydrogens is 396 g/mol. The molecule has 2 heterocycles. The fourth-order valence-corrected chi connectivity index (χ4v) is 4.37. The summed E-state index contributed by atoms with van der Waals surface area (Å²) in [7, 11) is 0. The maximum absolute atomic E-state index is 12.5. The molecule has 0 aliphatic carbocycles. The van der Waals surface area contributed by atoms with Crippen molar-refractivity contribution in [3.05, 3.63) is 51.7 Å². The van der Waals surface area contributed by atoms with Crippen LogP contribution in [-0.4, -0.2) is 66.9 Å². The van der Waals surface area contributed by atoms with E-state index in [1.165, 1.54) is 10.4 Å². The highest BCUT2D eigenvalue weighted by Crippen LogP contribution is 2.18. The molecule has 0 spiro atoms. The SMILES string of the molecule is Cc1cccc(NC(=O)CN2CCN(C(C)C(=O)NCCc3cccs3)CC2)c1C. The Morgan fingerprint density at radius 3 is 2.57 bits per heavy atom. The zero-order valence-electron chi connectivity index (χ0n) is 18.1. The molecule has 2 N–H and O–H groups in total. The number of aryl methyl sites for hydroxylation is 1. The van der Waals surface area contributed by atoms with Crippen LogP contribution in [0.1, 0.15) is 22.9 Å². The number of amides is 2. The van der Waals surface area contributed by atoms with Crippen LogP contribution < -0.4 is 10.6 Å². The first kappa shape index (κ1) is 22.5. The second-order valence-electron chi connectivity index (χ2n) is 7.90. The fraction of sp³-hybridized carbons (Fsp3) is 0.478. The molecule has 6 nitrogen and oxygen atoms in total. The van der Waals surface area contributed by atoms with Gasteiger partial charge in [-0.15, -0.1) is 11.3 Å². The van der Waals surface area contributed by atoms with Crippen LogP contribution in [0, 0.1) is 13.8 Å². The first-order valence-electron chi connectivity index (χ1n) is 10.6. The Morgan fingerprint density at radius 1 is 1.10 bits per heavy atom. The lowest BCUT2D eigenvalue weighted by atomic mass is 10.1. The van der Waals surface area contributed by atoms with E-state index in [4.69, 9.17) is 0 Å². The van der Waals surface area contributed by atoms with E-state index in [9.17, 15) is 9.59 Å². The summed E-state index contributed by atoms with van der Waals surface area (Å²) in [5, 5.41) is 8.13. The fourth-order valence-electron chi connectivity index (χ4n) is 3.67. The van der Waals surface area contributed by atoms with Gasteiger partial charge < -0.3 is 10.6 Å². The molecule has 1 aromatic carbocycles. The summed E-state index contributed by atoms with van der Waals surface area (Å²) in [5.74, 6) is 0.0872. The number of nitrogens with zero attached hydrogens (tertiary/aromatic N) is 2. The maximum atomic E-state index is 12.5. The van der Waals surface area contributed by atoms with Crippen molar-refractivity contribution in [3.63, 3.8) is 0 Å². The predicted octanol–water partition coefficient (Wildman–Crippen LogP) is 2.67. The molecule has 7 heteroatoms. The Hall–Kier alpha value is -2.22. The number of carbonyl (C=O) groups excluding carboxylic acids is 2. The molecule has 1 aromatic heterocycles. The minimum Gasteiger partial charge on any atom is -0.354 e. The second-order valence-corrected chi connectivity index (χ2v) is 8.94. The third kappa shape index (κ3) is 6.14. The summed E-state index contributed by atoms with van der Waals surface area (Å²) in [6.07, 6.45) is 0.874. The molecule has 1 atom stereocenters. The minimum atomic E-state index is -0.153. The molecule has 1 fully saturated rings. The third-order valence-corrected chi connectivity index (χ3v) is 6.77. The maximum Gasteiger partial charge on any atom is 0.238 e. The van der Waals surface area contributed by atoms with Gasteiger partial charge in [0.25, 0.3) is 0 Å². The zero-order valence-corrected chi connectivity index (χ0v) is 18.9. The van der Waals surface area contributed by atoms with Gasteiger partial charge in [-0.25, -0.2) is 0 Å². The Bertz CT molecular complexity index is 845. The lowest BCUT2D eigenvalue weighted by molar-refractivity contribution is -0.127. The topological polar surface area (TPSA) is 64.7 Å². The third-order valence-electron chi connectivity index (χ3n) is 5.83. The van der Waals surface area contributed by atoms with Gasteiger partial charge in [0.1, 0.15) is 0 Å². The van der Waals surface area contributed by atoms with Crippen molar-refractivity contribution in [1.82, 2.24) is 15.1 Å². The van der Waals surface area contributed by atoms with Crippen LogP contribution in [0.15, 0.2) is 35.7 Å². The van der Waals surface area contributed by atoms with Crippen molar-refractivity contribution in [2.75, 3.05) is 44.6 Å². The first-order valence-corrected chi connectivity index (χ1v) is 11.4. The molecule has 1 saturated heterocycles. The van der Waals surface area contributed by atoms with Crippen molar-refractivity contribution >= 4 is 28.8 Å². The van der Waals surface area contributed by atoms with E-state index in [1.807, 2.05) is 45.0 Å². The number of anilines is 1. The standard InChI is InChI=1S/C23H32N4O2S/c1-17-6-4-8-21(18(17)2)25-22(28)16-26-11-13-27(14-12-26)19(3)23(29)24-10-9-20-7-5-15-30-20/h4-8,15,19H,9-14,16H2,1-3H3,(H,24,29)(H,25,28). The summed E-state index contributed by atoms with van der Waals surface area (Å²) in [6, 6.07) is 9.92. The van der Waals surface area contributed by atoms with E-state index in [0.717, 1.165) is 43.9 Å². The molecule has 0 saturated carbocycles. The molecule has 2 amide bonds. The van der Waals surface area contributed by atoms with Crippen LogP contribution in [0.5, 0.6) is 0 Å². The van der Waals surface area contributed by atoms with Crippen molar-refractivity contribution in [3.8, 4) is 0 Å². The molecule has 1 aliphatic rings. The lowest BCUT2D eigenvalue weighted by Crippen LogP contribution is -2.54. The highest BCUT2D eigenvalue weighted by atomic mass is 32.1. The van der Waals surface area contributed by atoms with E-state index < -0.39 is 0 Å². The van der Waals surface area contributed by atoms with Crippen LogP contribution in [0.4, 0.5) is 5.69 Å². The van der Waals surface area contributed by atoms with Crippen LogP contribution in [0.3, 0.4) is 0 Å². The number of benzene rings is 1. The van der Waals surface area contributed by atoms with Crippen LogP contribution >= 0.6 is 11.3 Å². The number of hydrogen-bond acceptors (Lipinski definition) is 5. The molecule has 2 aromatic rings. The van der Waals surface area contributed by atoms with Gasteiger partial charge in [-0.05, 0) is 55.8 Å². The molecule has 162 valence electrons. The Morgan fingerprint density at radius 2 is 1.87 bits per heavy atom. The molecule has 30 heavy (non-hydrogen) atoms. The average molecular weight is 429 g/mol. The number of nitrogens with one attached hydrogen (secondary N) is 2. The zero-order chi connectivity index (χ0) is 21.5. The number of rotatable bonds is 8. The van der Waals surface area contributed by atoms with Crippen LogP contribution in [0.25, 0.3) is 0 Å². The number of carbonyl (C=O) groups is 2. The number of thiophene rings is 1. The van der Waals surface area contributed by atoms with E-state index >= 15 is 0 Å². The second kappa shape index (κ2) is 10.7. The summed E-state index contributed by atoms with van der Waals surface area (Å²) < 4.78 is 0.